The Hall–Kier alpha value is -1.46. The van der Waals surface area contributed by atoms with Gasteiger partial charge < -0.3 is 9.84 Å². The van der Waals surface area contributed by atoms with E-state index in [1.165, 1.54) is 19.1 Å². The van der Waals surface area contributed by atoms with Crippen molar-refractivity contribution in [2.45, 2.75) is 19.6 Å². The first-order chi connectivity index (χ1) is 9.06. The quantitative estimate of drug-likeness (QED) is 0.933. The molecule has 1 aromatic carbocycles. The van der Waals surface area contributed by atoms with Crippen LogP contribution in [0.3, 0.4) is 0 Å². The Balaban J connectivity index is 2.04. The lowest BCUT2D eigenvalue weighted by Crippen LogP contribution is -2.00. The van der Waals surface area contributed by atoms with E-state index in [1.807, 2.05) is 12.1 Å². The van der Waals surface area contributed by atoms with Gasteiger partial charge in [0.05, 0.1) is 11.8 Å². The molecular weight excluding hydrogens is 313 g/mol. The van der Waals surface area contributed by atoms with Crippen molar-refractivity contribution in [3.8, 4) is 5.75 Å². The first-order valence-corrected chi connectivity index (χ1v) is 6.56. The van der Waals surface area contributed by atoms with Crippen LogP contribution in [0.4, 0.5) is 4.39 Å². The van der Waals surface area contributed by atoms with Gasteiger partial charge in [-0.15, -0.1) is 0 Å². The number of ether oxygens (including phenoxy) is 1. The molecule has 0 aliphatic heterocycles. The Morgan fingerprint density at radius 1 is 1.37 bits per heavy atom. The van der Waals surface area contributed by atoms with Crippen molar-refractivity contribution in [1.82, 2.24) is 4.98 Å². The summed E-state index contributed by atoms with van der Waals surface area (Å²) in [6.07, 6.45) is 0.845. The number of aromatic nitrogens is 1. The molecule has 0 spiro atoms. The molecule has 0 amide bonds. The molecule has 1 N–H and O–H groups in total. The number of rotatable bonds is 4. The molecule has 0 bridgehead atoms. The normalized spacial score (nSPS) is 12.2. The van der Waals surface area contributed by atoms with Crippen molar-refractivity contribution in [2.24, 2.45) is 0 Å². The highest BCUT2D eigenvalue weighted by Crippen LogP contribution is 2.22. The highest BCUT2D eigenvalue weighted by molar-refractivity contribution is 9.10. The van der Waals surface area contributed by atoms with E-state index in [4.69, 9.17) is 4.74 Å². The van der Waals surface area contributed by atoms with Crippen LogP contribution in [0.5, 0.6) is 5.75 Å². The molecule has 0 fully saturated rings. The standard InChI is InChI=1S/C14H13BrFNO2/c1-9(18)13-5-4-12(6-14(13)16)19-8-11-3-2-10(15)7-17-11/h2-7,9,18H,8H2,1H3/t9-/m1/s1. The molecule has 0 aliphatic carbocycles. The zero-order valence-electron chi connectivity index (χ0n) is 10.3. The van der Waals surface area contributed by atoms with Gasteiger partial charge in [-0.2, -0.15) is 0 Å². The minimum Gasteiger partial charge on any atom is -0.487 e. The Labute approximate surface area is 119 Å². The number of aliphatic hydroxyl groups excluding tert-OH is 1. The average molecular weight is 326 g/mol. The number of hydrogen-bond acceptors (Lipinski definition) is 3. The number of halogens is 2. The van der Waals surface area contributed by atoms with E-state index in [0.29, 0.717) is 5.75 Å². The molecule has 5 heteroatoms. The summed E-state index contributed by atoms with van der Waals surface area (Å²) >= 11 is 3.30. The van der Waals surface area contributed by atoms with Crippen LogP contribution < -0.4 is 4.74 Å². The van der Waals surface area contributed by atoms with Crippen molar-refractivity contribution in [2.75, 3.05) is 0 Å². The topological polar surface area (TPSA) is 42.4 Å². The largest absolute Gasteiger partial charge is 0.487 e. The molecule has 0 aliphatic rings. The molecule has 1 aromatic heterocycles. The molecule has 2 rings (SSSR count). The first kappa shape index (κ1) is 14.0. The van der Waals surface area contributed by atoms with Gasteiger partial charge in [0.15, 0.2) is 0 Å². The van der Waals surface area contributed by atoms with Crippen molar-refractivity contribution < 1.29 is 14.2 Å². The Bertz CT molecular complexity index is 558. The predicted octanol–water partition coefficient (Wildman–Crippen LogP) is 3.62. The summed E-state index contributed by atoms with van der Waals surface area (Å²) in [5, 5.41) is 9.33. The van der Waals surface area contributed by atoms with Crippen LogP contribution in [-0.2, 0) is 6.61 Å². The van der Waals surface area contributed by atoms with Gasteiger partial charge in [0, 0.05) is 22.3 Å². The van der Waals surface area contributed by atoms with Crippen LogP contribution in [-0.4, -0.2) is 10.1 Å². The van der Waals surface area contributed by atoms with Crippen molar-refractivity contribution >= 4 is 15.9 Å². The maximum atomic E-state index is 13.6. The fourth-order valence-electron chi connectivity index (χ4n) is 1.59. The van der Waals surface area contributed by atoms with Crippen LogP contribution >= 0.6 is 15.9 Å². The number of benzene rings is 1. The van der Waals surface area contributed by atoms with E-state index in [9.17, 15) is 9.50 Å². The summed E-state index contributed by atoms with van der Waals surface area (Å²) in [5.74, 6) is -0.0668. The second kappa shape index (κ2) is 6.12. The zero-order valence-corrected chi connectivity index (χ0v) is 11.9. The molecule has 19 heavy (non-hydrogen) atoms. The minimum atomic E-state index is -0.831. The number of pyridine rings is 1. The number of aliphatic hydroxyl groups is 1. The molecule has 1 atom stereocenters. The van der Waals surface area contributed by atoms with Crippen molar-refractivity contribution in [3.63, 3.8) is 0 Å². The second-order valence-electron chi connectivity index (χ2n) is 4.12. The van der Waals surface area contributed by atoms with E-state index in [0.717, 1.165) is 10.2 Å². The molecule has 1 heterocycles. The number of nitrogens with zero attached hydrogens (tertiary/aromatic N) is 1. The Morgan fingerprint density at radius 2 is 2.16 bits per heavy atom. The third-order valence-electron chi connectivity index (χ3n) is 2.60. The van der Waals surface area contributed by atoms with Crippen molar-refractivity contribution in [3.05, 3.63) is 58.1 Å². The smallest absolute Gasteiger partial charge is 0.132 e. The van der Waals surface area contributed by atoms with Gasteiger partial charge in [0.2, 0.25) is 0 Å². The van der Waals surface area contributed by atoms with Crippen LogP contribution in [0.15, 0.2) is 41.0 Å². The maximum Gasteiger partial charge on any atom is 0.132 e. The van der Waals surface area contributed by atoms with Crippen LogP contribution in [0.2, 0.25) is 0 Å². The Morgan fingerprint density at radius 3 is 2.74 bits per heavy atom. The summed E-state index contributed by atoms with van der Waals surface area (Å²) in [6.45, 7) is 1.78. The van der Waals surface area contributed by atoms with E-state index < -0.39 is 11.9 Å². The molecule has 0 saturated heterocycles. The third-order valence-corrected chi connectivity index (χ3v) is 3.07. The fraction of sp³-hybridized carbons (Fsp3) is 0.214. The van der Waals surface area contributed by atoms with Gasteiger partial charge in [0.1, 0.15) is 18.2 Å². The first-order valence-electron chi connectivity index (χ1n) is 5.77. The van der Waals surface area contributed by atoms with Crippen LogP contribution in [0.25, 0.3) is 0 Å². The van der Waals surface area contributed by atoms with Gasteiger partial charge in [-0.05, 0) is 47.1 Å². The van der Waals surface area contributed by atoms with E-state index >= 15 is 0 Å². The zero-order chi connectivity index (χ0) is 13.8. The Kier molecular flexibility index (Phi) is 4.50. The molecule has 100 valence electrons. The van der Waals surface area contributed by atoms with Crippen LogP contribution in [0.1, 0.15) is 24.3 Å². The molecule has 2 aromatic rings. The maximum absolute atomic E-state index is 13.6. The summed E-state index contributed by atoms with van der Waals surface area (Å²) in [7, 11) is 0. The monoisotopic (exact) mass is 325 g/mol. The summed E-state index contributed by atoms with van der Waals surface area (Å²) in [5.41, 5.74) is 1.01. The van der Waals surface area contributed by atoms with Gasteiger partial charge in [-0.3, -0.25) is 4.98 Å². The molecular formula is C14H13BrFNO2. The predicted molar refractivity (Wildman–Crippen MR) is 73.3 cm³/mol. The van der Waals surface area contributed by atoms with Crippen LogP contribution in [0, 0.1) is 5.82 Å². The fourth-order valence-corrected chi connectivity index (χ4v) is 1.82. The van der Waals surface area contributed by atoms with E-state index in [1.54, 1.807) is 12.3 Å². The lowest BCUT2D eigenvalue weighted by atomic mass is 10.1. The summed E-state index contributed by atoms with van der Waals surface area (Å²) in [4.78, 5) is 4.16. The van der Waals surface area contributed by atoms with E-state index in [2.05, 4.69) is 20.9 Å². The second-order valence-corrected chi connectivity index (χ2v) is 5.03. The van der Waals surface area contributed by atoms with Gasteiger partial charge in [-0.25, -0.2) is 4.39 Å². The van der Waals surface area contributed by atoms with E-state index in [-0.39, 0.29) is 12.2 Å². The molecule has 0 unspecified atom stereocenters. The summed E-state index contributed by atoms with van der Waals surface area (Å²) in [6, 6.07) is 8.10. The molecule has 0 radical (unpaired) electrons. The molecule has 3 nitrogen and oxygen atoms in total. The van der Waals surface area contributed by atoms with Crippen molar-refractivity contribution in [1.29, 1.82) is 0 Å². The van der Waals surface area contributed by atoms with Gasteiger partial charge in [-0.1, -0.05) is 0 Å². The highest BCUT2D eigenvalue weighted by atomic mass is 79.9. The number of hydrogen-bond donors (Lipinski definition) is 1. The average Bonchev–Trinajstić information content (AvgIpc) is 2.37. The van der Waals surface area contributed by atoms with Gasteiger partial charge >= 0.3 is 0 Å². The third kappa shape index (κ3) is 3.75. The molecule has 0 saturated carbocycles. The SMILES string of the molecule is C[C@@H](O)c1ccc(OCc2ccc(Br)cn2)cc1F. The minimum absolute atomic E-state index is 0.258. The highest BCUT2D eigenvalue weighted by Gasteiger charge is 2.09. The van der Waals surface area contributed by atoms with Gasteiger partial charge in [0.25, 0.3) is 0 Å². The lowest BCUT2D eigenvalue weighted by Gasteiger charge is -2.09. The summed E-state index contributed by atoms with van der Waals surface area (Å²) < 4.78 is 20.0. The lowest BCUT2D eigenvalue weighted by molar-refractivity contribution is 0.193.